The molecule has 58 heavy (non-hydrogen) atoms. The van der Waals surface area contributed by atoms with E-state index in [9.17, 15) is 0 Å². The Balaban J connectivity index is 1.32. The maximum atomic E-state index is 5.60. The molecule has 0 fully saturated rings. The van der Waals surface area contributed by atoms with E-state index in [0.29, 0.717) is 0 Å². The Morgan fingerprint density at radius 3 is 1.40 bits per heavy atom. The molecule has 1 aromatic heterocycles. The first kappa shape index (κ1) is 37.0. The van der Waals surface area contributed by atoms with Gasteiger partial charge in [-0.3, -0.25) is 0 Å². The zero-order chi connectivity index (χ0) is 39.3. The lowest BCUT2D eigenvalue weighted by Crippen LogP contribution is -2.10. The number of hydrogen-bond acceptors (Lipinski definition) is 3. The second-order valence-corrected chi connectivity index (χ2v) is 15.4. The molecule has 0 atom stereocenters. The average Bonchev–Trinajstić information content (AvgIpc) is 3.66. The van der Waals surface area contributed by atoms with Gasteiger partial charge in [-0.15, -0.1) is 0 Å². The smallest absolute Gasteiger partial charge is 0.141 e. The van der Waals surface area contributed by atoms with Crippen molar-refractivity contribution in [3.8, 4) is 11.4 Å². The van der Waals surface area contributed by atoms with Crippen molar-refractivity contribution in [1.29, 1.82) is 0 Å². The fourth-order valence-corrected chi connectivity index (χ4v) is 8.51. The van der Waals surface area contributed by atoms with E-state index < -0.39 is 0 Å². The summed E-state index contributed by atoms with van der Waals surface area (Å²) >= 11 is 0. The molecule has 9 rings (SSSR count). The lowest BCUT2D eigenvalue weighted by molar-refractivity contribution is 0.566. The van der Waals surface area contributed by atoms with Gasteiger partial charge in [0.2, 0.25) is 0 Å². The highest BCUT2D eigenvalue weighted by molar-refractivity contribution is 6.32. The number of aryl methyl sites for hydroxylation is 1. The third-order valence-electron chi connectivity index (χ3n) is 11.4. The summed E-state index contributed by atoms with van der Waals surface area (Å²) in [5.41, 5.74) is 11.3. The van der Waals surface area contributed by atoms with Gasteiger partial charge in [0.05, 0.1) is 11.0 Å². The number of anilines is 6. The first-order valence-corrected chi connectivity index (χ1v) is 20.9. The third-order valence-corrected chi connectivity index (χ3v) is 11.4. The zero-order valence-electron chi connectivity index (χ0n) is 33.6. The molecule has 0 saturated carbocycles. The Kier molecular flexibility index (Phi) is 10.8. The number of imidazole rings is 1. The number of aromatic nitrogens is 2. The summed E-state index contributed by atoms with van der Waals surface area (Å²) in [5.74, 6) is 1.04. The van der Waals surface area contributed by atoms with Crippen LogP contribution in [0.25, 0.3) is 44.0 Å². The highest BCUT2D eigenvalue weighted by Gasteiger charge is 2.22. The Labute approximate surface area is 343 Å². The first-order chi connectivity index (χ1) is 28.7. The molecule has 0 aliphatic heterocycles. The Bertz CT molecular complexity index is 2690. The molecule has 5 heteroatoms. The van der Waals surface area contributed by atoms with E-state index in [1.54, 1.807) is 0 Å². The third kappa shape index (κ3) is 7.36. The van der Waals surface area contributed by atoms with Gasteiger partial charge in [0.1, 0.15) is 13.7 Å². The van der Waals surface area contributed by atoms with E-state index in [1.165, 1.54) is 59.2 Å². The van der Waals surface area contributed by atoms with Crippen molar-refractivity contribution < 1.29 is 0 Å². The van der Waals surface area contributed by atoms with Crippen LogP contribution in [0.1, 0.15) is 45.4 Å². The molecule has 0 unspecified atom stereocenters. The molecule has 0 bridgehead atoms. The van der Waals surface area contributed by atoms with E-state index in [1.807, 2.05) is 0 Å². The van der Waals surface area contributed by atoms with Gasteiger partial charge in [-0.05, 0) is 90.0 Å². The molecule has 8 aromatic carbocycles. The van der Waals surface area contributed by atoms with E-state index in [2.05, 4.69) is 211 Å². The highest BCUT2D eigenvalue weighted by Crippen LogP contribution is 2.44. The lowest BCUT2D eigenvalue weighted by Gasteiger charge is -2.27. The molecule has 0 aliphatic rings. The summed E-state index contributed by atoms with van der Waals surface area (Å²) in [4.78, 5) is 10.3. The molecule has 4 nitrogen and oxygen atoms in total. The average molecular weight is 753 g/mol. The summed E-state index contributed by atoms with van der Waals surface area (Å²) in [7, 11) is 2.15. The molecule has 0 amide bonds. The summed E-state index contributed by atoms with van der Waals surface area (Å²) in [6.07, 6.45) is 7.45. The van der Waals surface area contributed by atoms with E-state index in [0.717, 1.165) is 69.4 Å². The maximum Gasteiger partial charge on any atom is 0.141 e. The van der Waals surface area contributed by atoms with Gasteiger partial charge in [-0.2, -0.15) is 0 Å². The van der Waals surface area contributed by atoms with Gasteiger partial charge in [0.15, 0.2) is 0 Å². The first-order valence-electron chi connectivity index (χ1n) is 20.9. The predicted octanol–water partition coefficient (Wildman–Crippen LogP) is 13.6. The molecule has 9 aromatic rings. The number of rotatable bonds is 14. The van der Waals surface area contributed by atoms with Gasteiger partial charge in [0.25, 0.3) is 0 Å². The maximum absolute atomic E-state index is 5.60. The molecule has 284 valence electrons. The van der Waals surface area contributed by atoms with E-state index in [4.69, 9.17) is 4.98 Å². The van der Waals surface area contributed by atoms with Gasteiger partial charge in [-0.25, -0.2) is 4.98 Å². The number of nitrogens with zero attached hydrogens (tertiary/aromatic N) is 4. The van der Waals surface area contributed by atoms with Crippen LogP contribution in [0, 0.1) is 0 Å². The second kappa shape index (κ2) is 16.9. The van der Waals surface area contributed by atoms with Crippen molar-refractivity contribution in [2.45, 2.75) is 52.0 Å². The van der Waals surface area contributed by atoms with Crippen LogP contribution in [-0.4, -0.2) is 17.4 Å². The van der Waals surface area contributed by atoms with Crippen molar-refractivity contribution in [3.63, 3.8) is 0 Å². The summed E-state index contributed by atoms with van der Waals surface area (Å²) in [6, 6.07) is 65.7. The van der Waals surface area contributed by atoms with Crippen LogP contribution < -0.4 is 15.3 Å². The molecule has 0 spiro atoms. The van der Waals surface area contributed by atoms with Crippen LogP contribution >= 0.6 is 0 Å². The van der Waals surface area contributed by atoms with Crippen molar-refractivity contribution in [2.24, 2.45) is 0 Å². The monoisotopic (exact) mass is 752 g/mol. The fourth-order valence-electron chi connectivity index (χ4n) is 8.51. The summed E-state index contributed by atoms with van der Waals surface area (Å²) < 4.78 is 2.53. The molecule has 0 saturated heterocycles. The van der Waals surface area contributed by atoms with Crippen molar-refractivity contribution in [2.75, 3.05) is 9.80 Å². The predicted molar refractivity (Wildman–Crippen MR) is 251 cm³/mol. The lowest BCUT2D eigenvalue weighted by atomic mass is 9.95. The number of hydrogen-bond donors (Lipinski definition) is 0. The zero-order valence-corrected chi connectivity index (χ0v) is 33.6. The van der Waals surface area contributed by atoms with Gasteiger partial charge < -0.3 is 14.4 Å². The number of unbranched alkanes of at least 4 members (excludes halogenated alkanes) is 5. The topological polar surface area (TPSA) is 24.3 Å². The highest BCUT2D eigenvalue weighted by atomic mass is 15.1. The quantitative estimate of drug-likeness (QED) is 0.0628. The summed E-state index contributed by atoms with van der Waals surface area (Å²) in [6.45, 7) is 3.21. The Morgan fingerprint density at radius 2 is 0.897 bits per heavy atom. The minimum absolute atomic E-state index is 0.919. The van der Waals surface area contributed by atoms with Gasteiger partial charge >= 0.3 is 0 Å². The normalized spacial score (nSPS) is 11.4. The Morgan fingerprint density at radius 1 is 0.448 bits per heavy atom. The van der Waals surface area contributed by atoms with Gasteiger partial charge in [-0.1, -0.05) is 154 Å². The molecular formula is C53H49BN4. The van der Waals surface area contributed by atoms with Crippen molar-refractivity contribution >= 4 is 80.0 Å². The molecule has 0 N–H and O–H groups in total. The van der Waals surface area contributed by atoms with Crippen molar-refractivity contribution in [1.82, 2.24) is 9.55 Å². The SMILES string of the molecule is Bc1ccc(-c2nc3c4ccc(N(c5ccccc5)c5ccccc5)cc4c4cc(N(c5ccccc5)c5ccccc5)ccc4c3n2CCCCCCCC)cc1. The minimum atomic E-state index is 0.919. The van der Waals surface area contributed by atoms with Crippen LogP contribution in [0.4, 0.5) is 34.1 Å². The van der Waals surface area contributed by atoms with E-state index >= 15 is 0 Å². The fraction of sp³-hybridized carbons (Fsp3) is 0.151. The minimum Gasteiger partial charge on any atom is -0.323 e. The van der Waals surface area contributed by atoms with E-state index in [-0.39, 0.29) is 0 Å². The molecule has 0 radical (unpaired) electrons. The number of fused-ring (bicyclic) bond motifs is 6. The van der Waals surface area contributed by atoms with Crippen LogP contribution in [0.5, 0.6) is 0 Å². The standard InChI is InChI=1S/C53H49BN4/c1-2-3-4-5-6-19-36-56-52-48-35-33-46(58(43-24-15-9-16-25-43)44-26-17-10-18-27-44)38-50(48)49-37-45(57(41-20-11-7-12-21-41)42-22-13-8-14-23-42)32-34-47(49)51(52)55-53(56)39-28-30-40(54)31-29-39/h7-18,20-35,37-38H,2-6,19,36,54H2,1H3. The van der Waals surface area contributed by atoms with Crippen LogP contribution in [0.2, 0.25) is 0 Å². The Hall–Kier alpha value is -6.59. The van der Waals surface area contributed by atoms with Gasteiger partial charge in [0, 0.05) is 57.0 Å². The van der Waals surface area contributed by atoms with Crippen molar-refractivity contribution in [3.05, 3.63) is 182 Å². The van der Waals surface area contributed by atoms with Crippen LogP contribution in [-0.2, 0) is 6.54 Å². The van der Waals surface area contributed by atoms with Crippen LogP contribution in [0.3, 0.4) is 0 Å². The number of para-hydroxylation sites is 4. The second-order valence-electron chi connectivity index (χ2n) is 15.4. The molecule has 0 aliphatic carbocycles. The molecular weight excluding hydrogens is 703 g/mol. The van der Waals surface area contributed by atoms with Crippen LogP contribution in [0.15, 0.2) is 182 Å². The molecule has 1 heterocycles. The number of benzene rings is 8. The summed E-state index contributed by atoms with van der Waals surface area (Å²) in [5, 5.41) is 4.76. The largest absolute Gasteiger partial charge is 0.323 e.